The van der Waals surface area contributed by atoms with Crippen molar-refractivity contribution >= 4 is 27.3 Å². The minimum Gasteiger partial charge on any atom is -0.302 e. The summed E-state index contributed by atoms with van der Waals surface area (Å²) in [4.78, 5) is 2.59. The fourth-order valence-corrected chi connectivity index (χ4v) is 4.31. The van der Waals surface area contributed by atoms with E-state index < -0.39 is 10.0 Å². The molecule has 3 rings (SSSR count). The van der Waals surface area contributed by atoms with Gasteiger partial charge < -0.3 is 4.90 Å². The van der Waals surface area contributed by atoms with Gasteiger partial charge in [-0.05, 0) is 48.9 Å². The summed E-state index contributed by atoms with van der Waals surface area (Å²) >= 11 is 5.87. The predicted octanol–water partition coefficient (Wildman–Crippen LogP) is 3.95. The second-order valence-corrected chi connectivity index (χ2v) is 8.26. The standard InChI is InChI=1S/C18H21ClN2O2S/c1-2-10-21-12-15(13-21)14-6-8-17(9-7-14)20-24(22,23)18-5-3-4-16(19)11-18/h3-9,11,15,20H,2,10,12-13H2,1H3. The minimum absolute atomic E-state index is 0.160. The zero-order chi connectivity index (χ0) is 17.2. The first-order valence-corrected chi connectivity index (χ1v) is 9.95. The highest BCUT2D eigenvalue weighted by Crippen LogP contribution is 2.28. The molecular weight excluding hydrogens is 344 g/mol. The number of rotatable bonds is 6. The van der Waals surface area contributed by atoms with Crippen LogP contribution < -0.4 is 4.72 Å². The van der Waals surface area contributed by atoms with Crippen LogP contribution in [0.2, 0.25) is 5.02 Å². The molecule has 0 aliphatic carbocycles. The van der Waals surface area contributed by atoms with E-state index in [1.165, 1.54) is 24.1 Å². The number of nitrogens with one attached hydrogen (secondary N) is 1. The fraction of sp³-hybridized carbons (Fsp3) is 0.333. The van der Waals surface area contributed by atoms with Crippen LogP contribution in [0.4, 0.5) is 5.69 Å². The molecule has 1 aliphatic rings. The molecule has 0 spiro atoms. The Morgan fingerprint density at radius 1 is 1.17 bits per heavy atom. The number of anilines is 1. The molecule has 0 unspecified atom stereocenters. The highest BCUT2D eigenvalue weighted by Gasteiger charge is 2.27. The van der Waals surface area contributed by atoms with Gasteiger partial charge in [-0.2, -0.15) is 0 Å². The van der Waals surface area contributed by atoms with E-state index in [4.69, 9.17) is 11.6 Å². The van der Waals surface area contributed by atoms with Crippen LogP contribution in [0.15, 0.2) is 53.4 Å². The molecule has 0 aromatic heterocycles. The Balaban J connectivity index is 1.66. The highest BCUT2D eigenvalue weighted by molar-refractivity contribution is 7.92. The fourth-order valence-electron chi connectivity index (χ4n) is 2.95. The number of benzene rings is 2. The maximum atomic E-state index is 12.4. The van der Waals surface area contributed by atoms with E-state index in [1.54, 1.807) is 12.1 Å². The number of nitrogens with zero attached hydrogens (tertiary/aromatic N) is 1. The lowest BCUT2D eigenvalue weighted by atomic mass is 9.91. The van der Waals surface area contributed by atoms with Gasteiger partial charge >= 0.3 is 0 Å². The molecule has 24 heavy (non-hydrogen) atoms. The zero-order valence-corrected chi connectivity index (χ0v) is 15.1. The topological polar surface area (TPSA) is 49.4 Å². The maximum absolute atomic E-state index is 12.4. The largest absolute Gasteiger partial charge is 0.302 e. The van der Waals surface area contributed by atoms with E-state index in [9.17, 15) is 8.42 Å². The lowest BCUT2D eigenvalue weighted by molar-refractivity contribution is 0.149. The Kier molecular flexibility index (Phi) is 5.13. The first-order valence-electron chi connectivity index (χ1n) is 8.08. The van der Waals surface area contributed by atoms with Crippen molar-refractivity contribution in [2.75, 3.05) is 24.4 Å². The van der Waals surface area contributed by atoms with Crippen molar-refractivity contribution in [3.8, 4) is 0 Å². The van der Waals surface area contributed by atoms with Crippen LogP contribution in [-0.4, -0.2) is 33.0 Å². The zero-order valence-electron chi connectivity index (χ0n) is 13.6. The summed E-state index contributed by atoms with van der Waals surface area (Å²) in [6.45, 7) is 5.50. The average molecular weight is 365 g/mol. The Labute approximate surface area is 148 Å². The molecular formula is C18H21ClN2O2S. The smallest absolute Gasteiger partial charge is 0.261 e. The molecule has 0 amide bonds. The van der Waals surface area contributed by atoms with Gasteiger partial charge in [0, 0.05) is 29.7 Å². The van der Waals surface area contributed by atoms with E-state index in [1.807, 2.05) is 24.3 Å². The third-order valence-electron chi connectivity index (χ3n) is 4.24. The van der Waals surface area contributed by atoms with Crippen molar-refractivity contribution in [2.24, 2.45) is 0 Å². The normalized spacial score (nSPS) is 15.9. The second kappa shape index (κ2) is 7.13. The van der Waals surface area contributed by atoms with Crippen LogP contribution in [0.25, 0.3) is 0 Å². The van der Waals surface area contributed by atoms with Crippen molar-refractivity contribution in [2.45, 2.75) is 24.2 Å². The van der Waals surface area contributed by atoms with Crippen LogP contribution in [0.3, 0.4) is 0 Å². The van der Waals surface area contributed by atoms with Crippen LogP contribution in [-0.2, 0) is 10.0 Å². The van der Waals surface area contributed by atoms with Crippen LogP contribution in [0.5, 0.6) is 0 Å². The van der Waals surface area contributed by atoms with Gasteiger partial charge in [0.15, 0.2) is 0 Å². The summed E-state index contributed by atoms with van der Waals surface area (Å²) in [7, 11) is -3.62. The van der Waals surface area contributed by atoms with E-state index in [0.717, 1.165) is 19.6 Å². The summed E-state index contributed by atoms with van der Waals surface area (Å²) < 4.78 is 27.4. The maximum Gasteiger partial charge on any atom is 0.261 e. The number of hydrogen-bond acceptors (Lipinski definition) is 3. The van der Waals surface area contributed by atoms with Gasteiger partial charge in [-0.1, -0.05) is 36.7 Å². The van der Waals surface area contributed by atoms with Crippen LogP contribution >= 0.6 is 11.6 Å². The first kappa shape index (κ1) is 17.3. The van der Waals surface area contributed by atoms with Crippen LogP contribution in [0, 0.1) is 0 Å². The van der Waals surface area contributed by atoms with E-state index in [0.29, 0.717) is 16.6 Å². The molecule has 1 aliphatic heterocycles. The molecule has 0 atom stereocenters. The molecule has 0 saturated carbocycles. The molecule has 2 aromatic carbocycles. The van der Waals surface area contributed by atoms with Gasteiger partial charge in [0.05, 0.1) is 4.90 Å². The van der Waals surface area contributed by atoms with Crippen LogP contribution in [0.1, 0.15) is 24.8 Å². The summed E-state index contributed by atoms with van der Waals surface area (Å²) in [6.07, 6.45) is 1.18. The molecule has 1 N–H and O–H groups in total. The monoisotopic (exact) mass is 364 g/mol. The number of hydrogen-bond donors (Lipinski definition) is 1. The molecule has 4 nitrogen and oxygen atoms in total. The van der Waals surface area contributed by atoms with Crippen molar-refractivity contribution in [1.82, 2.24) is 4.90 Å². The Morgan fingerprint density at radius 2 is 1.88 bits per heavy atom. The van der Waals surface area contributed by atoms with Gasteiger partial charge in [-0.15, -0.1) is 0 Å². The Morgan fingerprint density at radius 3 is 2.50 bits per heavy atom. The lowest BCUT2D eigenvalue weighted by Gasteiger charge is -2.39. The SMILES string of the molecule is CCCN1CC(c2ccc(NS(=O)(=O)c3cccc(Cl)c3)cc2)C1. The van der Waals surface area contributed by atoms with Gasteiger partial charge in [0.2, 0.25) is 0 Å². The van der Waals surface area contributed by atoms with Gasteiger partial charge in [0.1, 0.15) is 0 Å². The number of halogens is 1. The average Bonchev–Trinajstić information content (AvgIpc) is 2.51. The molecule has 1 fully saturated rings. The van der Waals surface area contributed by atoms with Gasteiger partial charge in [-0.3, -0.25) is 4.72 Å². The molecule has 1 heterocycles. The number of sulfonamides is 1. The molecule has 0 radical (unpaired) electrons. The van der Waals surface area contributed by atoms with Crippen molar-refractivity contribution in [3.05, 3.63) is 59.1 Å². The van der Waals surface area contributed by atoms with E-state index in [2.05, 4.69) is 16.5 Å². The molecule has 0 bridgehead atoms. The molecule has 128 valence electrons. The van der Waals surface area contributed by atoms with E-state index >= 15 is 0 Å². The van der Waals surface area contributed by atoms with Crippen molar-refractivity contribution in [1.29, 1.82) is 0 Å². The molecule has 1 saturated heterocycles. The van der Waals surface area contributed by atoms with E-state index in [-0.39, 0.29) is 4.90 Å². The predicted molar refractivity (Wildman–Crippen MR) is 98.2 cm³/mol. The minimum atomic E-state index is -3.62. The summed E-state index contributed by atoms with van der Waals surface area (Å²) in [5.41, 5.74) is 1.82. The lowest BCUT2D eigenvalue weighted by Crippen LogP contribution is -2.45. The highest BCUT2D eigenvalue weighted by atomic mass is 35.5. The van der Waals surface area contributed by atoms with Crippen molar-refractivity contribution < 1.29 is 8.42 Å². The summed E-state index contributed by atoms with van der Waals surface area (Å²) in [5, 5.41) is 0.398. The Hall–Kier alpha value is -1.56. The summed E-state index contributed by atoms with van der Waals surface area (Å²) in [6, 6.07) is 13.9. The first-order chi connectivity index (χ1) is 11.5. The Bertz CT molecular complexity index is 800. The molecule has 6 heteroatoms. The third-order valence-corrected chi connectivity index (χ3v) is 5.85. The quantitative estimate of drug-likeness (QED) is 0.844. The van der Waals surface area contributed by atoms with Gasteiger partial charge in [0.25, 0.3) is 10.0 Å². The molecule has 2 aromatic rings. The van der Waals surface area contributed by atoms with Gasteiger partial charge in [-0.25, -0.2) is 8.42 Å². The number of likely N-dealkylation sites (tertiary alicyclic amines) is 1. The summed E-state index contributed by atoms with van der Waals surface area (Å²) in [5.74, 6) is 0.551. The second-order valence-electron chi connectivity index (χ2n) is 6.14. The van der Waals surface area contributed by atoms with Crippen molar-refractivity contribution in [3.63, 3.8) is 0 Å². The third kappa shape index (κ3) is 3.91.